The Kier molecular flexibility index (Phi) is 30.5. The topological polar surface area (TPSA) is 135 Å². The molecule has 1 aliphatic heterocycles. The van der Waals surface area contributed by atoms with E-state index in [2.05, 4.69) is 62.5 Å². The van der Waals surface area contributed by atoms with E-state index in [1.807, 2.05) is 0 Å². The maximum atomic E-state index is 12.6. The van der Waals surface area contributed by atoms with E-state index in [-0.39, 0.29) is 19.2 Å². The van der Waals surface area contributed by atoms with Crippen molar-refractivity contribution in [3.05, 3.63) is 48.6 Å². The quantitative estimate of drug-likeness (QED) is 0.0314. The number of allylic oxidation sites excluding steroid dienone is 8. The number of aliphatic hydroxyl groups excluding tert-OH is 4. The van der Waals surface area contributed by atoms with Crippen LogP contribution in [0.1, 0.15) is 142 Å². The van der Waals surface area contributed by atoms with Gasteiger partial charge in [0.05, 0.1) is 19.8 Å². The number of hydrogen-bond donors (Lipinski definition) is 4. The number of carbonyl (C=O) groups excluding carboxylic acids is 1. The van der Waals surface area contributed by atoms with Crippen LogP contribution in [0.3, 0.4) is 0 Å². The lowest BCUT2D eigenvalue weighted by molar-refractivity contribution is -0.305. The summed E-state index contributed by atoms with van der Waals surface area (Å²) in [5.74, 6) is -0.327. The lowest BCUT2D eigenvalue weighted by Crippen LogP contribution is -2.59. The molecule has 6 atom stereocenters. The van der Waals surface area contributed by atoms with E-state index in [0.717, 1.165) is 70.6 Å². The zero-order chi connectivity index (χ0) is 36.5. The first kappa shape index (κ1) is 46.2. The number of unbranched alkanes of at least 4 members (excludes halogenated alkanes) is 13. The minimum absolute atomic E-state index is 0.119. The zero-order valence-electron chi connectivity index (χ0n) is 31.4. The summed E-state index contributed by atoms with van der Waals surface area (Å²) in [6, 6.07) is 0. The smallest absolute Gasteiger partial charge is 0.306 e. The van der Waals surface area contributed by atoms with Crippen molar-refractivity contribution in [3.63, 3.8) is 0 Å². The molecule has 1 aliphatic rings. The normalized spacial score (nSPS) is 22.1. The molecule has 0 saturated carbocycles. The van der Waals surface area contributed by atoms with E-state index < -0.39 is 43.4 Å². The molecule has 0 radical (unpaired) electrons. The second-order valence-electron chi connectivity index (χ2n) is 13.4. The minimum atomic E-state index is -1.54. The van der Waals surface area contributed by atoms with Crippen LogP contribution in [0.25, 0.3) is 0 Å². The summed E-state index contributed by atoms with van der Waals surface area (Å²) in [5, 5.41) is 39.9. The van der Waals surface area contributed by atoms with Gasteiger partial charge in [-0.3, -0.25) is 4.79 Å². The highest BCUT2D eigenvalue weighted by atomic mass is 16.7. The first-order valence-electron chi connectivity index (χ1n) is 19.7. The molecule has 0 spiro atoms. The molecule has 1 saturated heterocycles. The van der Waals surface area contributed by atoms with Crippen LogP contribution < -0.4 is 0 Å². The molecule has 1 fully saturated rings. The van der Waals surface area contributed by atoms with Gasteiger partial charge in [0, 0.05) is 13.0 Å². The molecule has 1 rings (SSSR count). The van der Waals surface area contributed by atoms with Crippen LogP contribution >= 0.6 is 0 Å². The van der Waals surface area contributed by atoms with E-state index in [9.17, 15) is 25.2 Å². The van der Waals surface area contributed by atoms with Crippen molar-refractivity contribution in [2.45, 2.75) is 179 Å². The molecule has 0 aromatic heterocycles. The average molecular weight is 709 g/mol. The lowest BCUT2D eigenvalue weighted by Gasteiger charge is -2.39. The van der Waals surface area contributed by atoms with Crippen LogP contribution in [-0.2, 0) is 23.7 Å². The predicted molar refractivity (Wildman–Crippen MR) is 201 cm³/mol. The van der Waals surface area contributed by atoms with Crippen molar-refractivity contribution in [1.29, 1.82) is 0 Å². The largest absolute Gasteiger partial charge is 0.457 e. The maximum Gasteiger partial charge on any atom is 0.306 e. The SMILES string of the molecule is CC/C=C\C/C=C\C/C=C\C/C=C\CCCCCCCCCOCC(COC1OC(CO)C(O)C(O)C1O)OC(=O)CCCCCCCCC. The Morgan fingerprint density at radius 2 is 1.22 bits per heavy atom. The fourth-order valence-electron chi connectivity index (χ4n) is 5.66. The van der Waals surface area contributed by atoms with E-state index in [1.54, 1.807) is 0 Å². The number of aliphatic hydroxyl groups is 4. The van der Waals surface area contributed by atoms with Gasteiger partial charge in [0.2, 0.25) is 0 Å². The molecule has 9 nitrogen and oxygen atoms in total. The van der Waals surface area contributed by atoms with Gasteiger partial charge < -0.3 is 39.4 Å². The maximum absolute atomic E-state index is 12.6. The summed E-state index contributed by atoms with van der Waals surface area (Å²) in [4.78, 5) is 12.6. The molecule has 0 amide bonds. The van der Waals surface area contributed by atoms with Gasteiger partial charge in [-0.25, -0.2) is 0 Å². The first-order valence-corrected chi connectivity index (χ1v) is 19.7. The third-order valence-corrected chi connectivity index (χ3v) is 8.76. The summed E-state index contributed by atoms with van der Waals surface area (Å²) in [6.07, 6.45) is 31.6. The number of ether oxygens (including phenoxy) is 4. The number of rotatable bonds is 32. The molecular formula is C41H72O9. The van der Waals surface area contributed by atoms with Crippen LogP contribution in [0.15, 0.2) is 48.6 Å². The summed E-state index contributed by atoms with van der Waals surface area (Å²) in [7, 11) is 0. The highest BCUT2D eigenvalue weighted by molar-refractivity contribution is 5.69. The van der Waals surface area contributed by atoms with Crippen molar-refractivity contribution in [2.75, 3.05) is 26.4 Å². The van der Waals surface area contributed by atoms with Gasteiger partial charge in [0.1, 0.15) is 30.5 Å². The number of carbonyl (C=O) groups is 1. The Labute approximate surface area is 303 Å². The molecule has 0 aromatic carbocycles. The molecule has 0 bridgehead atoms. The number of esters is 1. The standard InChI is InChI=1S/C41H72O9/c1-3-5-7-9-11-12-13-14-15-16-17-18-19-20-21-22-23-25-27-29-31-47-33-35(49-37(43)30-28-26-24-10-8-6-4-2)34-48-41-40(46)39(45)38(44)36(32-42)50-41/h5,7,11-12,14-15,17-18,35-36,38-42,44-46H,3-4,6,8-10,13,16,19-34H2,1-2H3/b7-5-,12-11-,15-14-,18-17-. The zero-order valence-corrected chi connectivity index (χ0v) is 31.4. The van der Waals surface area contributed by atoms with Gasteiger partial charge in [-0.05, 0) is 51.4 Å². The van der Waals surface area contributed by atoms with E-state index in [0.29, 0.717) is 13.0 Å². The average Bonchev–Trinajstić information content (AvgIpc) is 3.11. The van der Waals surface area contributed by atoms with Crippen molar-refractivity contribution in [3.8, 4) is 0 Å². The Morgan fingerprint density at radius 3 is 1.84 bits per heavy atom. The highest BCUT2D eigenvalue weighted by Crippen LogP contribution is 2.22. The Bertz CT molecular complexity index is 900. The van der Waals surface area contributed by atoms with Crippen LogP contribution in [0.5, 0.6) is 0 Å². The van der Waals surface area contributed by atoms with Gasteiger partial charge in [0.25, 0.3) is 0 Å². The van der Waals surface area contributed by atoms with Gasteiger partial charge in [-0.15, -0.1) is 0 Å². The molecule has 0 aromatic rings. The molecule has 4 N–H and O–H groups in total. The second-order valence-corrected chi connectivity index (χ2v) is 13.4. The second kappa shape index (κ2) is 33.0. The third-order valence-electron chi connectivity index (χ3n) is 8.76. The molecule has 0 aliphatic carbocycles. The van der Waals surface area contributed by atoms with E-state index >= 15 is 0 Å². The number of hydrogen-bond acceptors (Lipinski definition) is 9. The van der Waals surface area contributed by atoms with Gasteiger partial charge in [-0.2, -0.15) is 0 Å². The monoisotopic (exact) mass is 709 g/mol. The fraction of sp³-hybridized carbons (Fsp3) is 0.780. The van der Waals surface area contributed by atoms with Crippen LogP contribution in [-0.4, -0.2) is 89.6 Å². The van der Waals surface area contributed by atoms with Gasteiger partial charge >= 0.3 is 5.97 Å². The molecule has 6 unspecified atom stereocenters. The predicted octanol–water partition coefficient (Wildman–Crippen LogP) is 7.80. The molecular weight excluding hydrogens is 636 g/mol. The van der Waals surface area contributed by atoms with Gasteiger partial charge in [0.15, 0.2) is 6.29 Å². The van der Waals surface area contributed by atoms with Crippen LogP contribution in [0, 0.1) is 0 Å². The summed E-state index contributed by atoms with van der Waals surface area (Å²) < 4.78 is 22.6. The van der Waals surface area contributed by atoms with Crippen LogP contribution in [0.4, 0.5) is 0 Å². The van der Waals surface area contributed by atoms with Crippen molar-refractivity contribution >= 4 is 5.97 Å². The van der Waals surface area contributed by atoms with Crippen molar-refractivity contribution in [2.24, 2.45) is 0 Å². The fourth-order valence-corrected chi connectivity index (χ4v) is 5.66. The highest BCUT2D eigenvalue weighted by Gasteiger charge is 2.44. The van der Waals surface area contributed by atoms with E-state index in [4.69, 9.17) is 18.9 Å². The molecule has 9 heteroatoms. The summed E-state index contributed by atoms with van der Waals surface area (Å²) in [5.41, 5.74) is 0. The first-order chi connectivity index (χ1) is 24.4. The third kappa shape index (κ3) is 24.4. The summed E-state index contributed by atoms with van der Waals surface area (Å²) in [6.45, 7) is 4.35. The van der Waals surface area contributed by atoms with Crippen LogP contribution in [0.2, 0.25) is 0 Å². The van der Waals surface area contributed by atoms with E-state index in [1.165, 1.54) is 51.4 Å². The van der Waals surface area contributed by atoms with Gasteiger partial charge in [-0.1, -0.05) is 133 Å². The minimum Gasteiger partial charge on any atom is -0.457 e. The molecule has 290 valence electrons. The Morgan fingerprint density at radius 1 is 0.660 bits per heavy atom. The summed E-state index contributed by atoms with van der Waals surface area (Å²) >= 11 is 0. The molecule has 50 heavy (non-hydrogen) atoms. The van der Waals surface area contributed by atoms with Crippen molar-refractivity contribution in [1.82, 2.24) is 0 Å². The Balaban J connectivity index is 2.24. The Hall–Kier alpha value is -1.85. The van der Waals surface area contributed by atoms with Crippen molar-refractivity contribution < 1.29 is 44.2 Å². The lowest BCUT2D eigenvalue weighted by atomic mass is 9.99. The molecule has 1 heterocycles.